The zero-order valence-corrected chi connectivity index (χ0v) is 13.6. The van der Waals surface area contributed by atoms with Gasteiger partial charge in [0.1, 0.15) is 0 Å². The molecule has 0 aliphatic rings. The van der Waals surface area contributed by atoms with E-state index in [9.17, 15) is 13.6 Å². The first-order valence-corrected chi connectivity index (χ1v) is 6.69. The van der Waals surface area contributed by atoms with Crippen molar-refractivity contribution in [1.29, 1.82) is 0 Å². The van der Waals surface area contributed by atoms with Gasteiger partial charge in [0.15, 0.2) is 11.6 Å². The number of amides is 1. The molecular formula is C12H16ClF2IN2O. The highest BCUT2D eigenvalue weighted by Crippen LogP contribution is 2.16. The number of hydrogen-bond donors (Lipinski definition) is 2. The van der Waals surface area contributed by atoms with E-state index in [4.69, 9.17) is 0 Å². The molecule has 1 rings (SSSR count). The largest absolute Gasteiger partial charge is 0.350 e. The number of nitrogens with one attached hydrogen (secondary N) is 2. The Hall–Kier alpha value is -0.470. The Balaban J connectivity index is 0.00000324. The number of carbonyl (C=O) groups is 1. The minimum absolute atomic E-state index is 0. The predicted octanol–water partition coefficient (Wildman–Crippen LogP) is 2.72. The highest BCUT2D eigenvalue weighted by Gasteiger charge is 2.14. The zero-order chi connectivity index (χ0) is 13.7. The summed E-state index contributed by atoms with van der Waals surface area (Å²) in [4.78, 5) is 11.8. The maximum atomic E-state index is 13.1. The molecule has 0 unspecified atom stereocenters. The molecule has 0 bridgehead atoms. The Morgan fingerprint density at radius 2 is 1.95 bits per heavy atom. The molecule has 19 heavy (non-hydrogen) atoms. The number of rotatable bonds is 5. The number of carbonyl (C=O) groups excluding carboxylic acids is 1. The quantitative estimate of drug-likeness (QED) is 0.585. The number of likely N-dealkylation sites (N-methyl/N-ethyl adjacent to an activating group) is 1. The summed E-state index contributed by atoms with van der Waals surface area (Å²) in [5.74, 6) is -2.36. The first-order chi connectivity index (χ1) is 8.45. The van der Waals surface area contributed by atoms with Crippen LogP contribution < -0.4 is 10.6 Å². The van der Waals surface area contributed by atoms with Gasteiger partial charge in [0.2, 0.25) is 0 Å². The molecule has 0 aliphatic carbocycles. The standard InChI is InChI=1S/C12H15F2IN2O.ClH/c1-3-16-7(2)6-17-12(18)8-4-9(13)10(14)5-11(8)15;/h4-5,7,16H,3,6H2,1-2H3,(H,17,18);1H/t7-;/m1./s1. The Morgan fingerprint density at radius 3 is 2.53 bits per heavy atom. The first kappa shape index (κ1) is 18.5. The Morgan fingerprint density at radius 1 is 1.37 bits per heavy atom. The predicted molar refractivity (Wildman–Crippen MR) is 81.8 cm³/mol. The van der Waals surface area contributed by atoms with Crippen LogP contribution in [0.1, 0.15) is 24.2 Å². The highest BCUT2D eigenvalue weighted by atomic mass is 127. The summed E-state index contributed by atoms with van der Waals surface area (Å²) in [5, 5.41) is 5.81. The van der Waals surface area contributed by atoms with Gasteiger partial charge in [-0.2, -0.15) is 0 Å². The van der Waals surface area contributed by atoms with E-state index in [1.807, 2.05) is 36.4 Å². The Labute approximate surface area is 131 Å². The summed E-state index contributed by atoms with van der Waals surface area (Å²) in [6.07, 6.45) is 0. The topological polar surface area (TPSA) is 41.1 Å². The van der Waals surface area contributed by atoms with Gasteiger partial charge in [0, 0.05) is 16.2 Å². The van der Waals surface area contributed by atoms with Crippen LogP contribution in [-0.2, 0) is 0 Å². The van der Waals surface area contributed by atoms with Crippen LogP contribution >= 0.6 is 35.0 Å². The minimum Gasteiger partial charge on any atom is -0.350 e. The zero-order valence-electron chi connectivity index (χ0n) is 10.6. The molecule has 0 spiro atoms. The molecule has 1 aromatic carbocycles. The van der Waals surface area contributed by atoms with Gasteiger partial charge in [-0.3, -0.25) is 4.79 Å². The lowest BCUT2D eigenvalue weighted by molar-refractivity contribution is 0.0948. The van der Waals surface area contributed by atoms with Gasteiger partial charge >= 0.3 is 0 Å². The van der Waals surface area contributed by atoms with Crippen LogP contribution in [-0.4, -0.2) is 25.0 Å². The molecule has 1 atom stereocenters. The van der Waals surface area contributed by atoms with Crippen molar-refractivity contribution < 1.29 is 13.6 Å². The lowest BCUT2D eigenvalue weighted by Gasteiger charge is -2.13. The summed E-state index contributed by atoms with van der Waals surface area (Å²) in [5.41, 5.74) is 0.151. The fourth-order valence-corrected chi connectivity index (χ4v) is 2.13. The van der Waals surface area contributed by atoms with E-state index in [1.54, 1.807) is 0 Å². The summed E-state index contributed by atoms with van der Waals surface area (Å²) < 4.78 is 26.4. The molecule has 0 aromatic heterocycles. The first-order valence-electron chi connectivity index (χ1n) is 5.61. The third kappa shape index (κ3) is 5.58. The van der Waals surface area contributed by atoms with Crippen molar-refractivity contribution >= 4 is 40.9 Å². The molecule has 0 heterocycles. The number of hydrogen-bond acceptors (Lipinski definition) is 2. The highest BCUT2D eigenvalue weighted by molar-refractivity contribution is 14.1. The van der Waals surface area contributed by atoms with E-state index in [1.165, 1.54) is 0 Å². The van der Waals surface area contributed by atoms with Crippen LogP contribution in [0.15, 0.2) is 12.1 Å². The van der Waals surface area contributed by atoms with Crippen LogP contribution in [0.3, 0.4) is 0 Å². The third-order valence-electron chi connectivity index (χ3n) is 2.38. The monoisotopic (exact) mass is 404 g/mol. The fraction of sp³-hybridized carbons (Fsp3) is 0.417. The van der Waals surface area contributed by atoms with Crippen molar-refractivity contribution in [3.05, 3.63) is 32.9 Å². The molecule has 0 saturated carbocycles. The summed E-state index contributed by atoms with van der Waals surface area (Å²) in [6.45, 7) is 5.14. The summed E-state index contributed by atoms with van der Waals surface area (Å²) in [6, 6.07) is 2.06. The van der Waals surface area contributed by atoms with Crippen LogP contribution in [0.25, 0.3) is 0 Å². The van der Waals surface area contributed by atoms with Gasteiger partial charge in [-0.15, -0.1) is 12.4 Å². The van der Waals surface area contributed by atoms with E-state index in [0.717, 1.165) is 18.7 Å². The second kappa shape index (κ2) is 8.65. The molecule has 108 valence electrons. The van der Waals surface area contributed by atoms with E-state index >= 15 is 0 Å². The van der Waals surface area contributed by atoms with E-state index in [-0.39, 0.29) is 24.0 Å². The average Bonchev–Trinajstić information content (AvgIpc) is 2.31. The van der Waals surface area contributed by atoms with E-state index < -0.39 is 17.5 Å². The Bertz CT molecular complexity index is 446. The molecule has 1 aromatic rings. The Kier molecular flexibility index (Phi) is 8.44. The SMILES string of the molecule is CCN[C@H](C)CNC(=O)c1cc(F)c(F)cc1I.Cl. The number of benzene rings is 1. The van der Waals surface area contributed by atoms with Crippen molar-refractivity contribution in [2.24, 2.45) is 0 Å². The van der Waals surface area contributed by atoms with E-state index in [0.29, 0.717) is 10.1 Å². The van der Waals surface area contributed by atoms with Crippen molar-refractivity contribution in [2.75, 3.05) is 13.1 Å². The normalized spacial score (nSPS) is 11.6. The smallest absolute Gasteiger partial charge is 0.252 e. The summed E-state index contributed by atoms with van der Waals surface area (Å²) in [7, 11) is 0. The van der Waals surface area contributed by atoms with Crippen LogP contribution in [0.2, 0.25) is 0 Å². The number of halogens is 4. The van der Waals surface area contributed by atoms with E-state index in [2.05, 4.69) is 10.6 Å². The molecule has 0 fully saturated rings. The maximum absolute atomic E-state index is 13.1. The average molecular weight is 405 g/mol. The molecule has 7 heteroatoms. The third-order valence-corrected chi connectivity index (χ3v) is 3.27. The molecule has 1 amide bonds. The second-order valence-electron chi connectivity index (χ2n) is 3.91. The molecule has 0 saturated heterocycles. The van der Waals surface area contributed by atoms with Crippen molar-refractivity contribution in [3.8, 4) is 0 Å². The maximum Gasteiger partial charge on any atom is 0.252 e. The van der Waals surface area contributed by atoms with Crippen molar-refractivity contribution in [1.82, 2.24) is 10.6 Å². The fourth-order valence-electron chi connectivity index (χ4n) is 1.46. The minimum atomic E-state index is -1.01. The van der Waals surface area contributed by atoms with Gasteiger partial charge in [-0.25, -0.2) is 8.78 Å². The van der Waals surface area contributed by atoms with Crippen LogP contribution in [0.4, 0.5) is 8.78 Å². The van der Waals surface area contributed by atoms with Gasteiger partial charge < -0.3 is 10.6 Å². The molecule has 3 nitrogen and oxygen atoms in total. The lowest BCUT2D eigenvalue weighted by atomic mass is 10.2. The second-order valence-corrected chi connectivity index (χ2v) is 5.08. The van der Waals surface area contributed by atoms with Gasteiger partial charge in [0.05, 0.1) is 5.56 Å². The van der Waals surface area contributed by atoms with Crippen molar-refractivity contribution in [3.63, 3.8) is 0 Å². The van der Waals surface area contributed by atoms with Crippen LogP contribution in [0.5, 0.6) is 0 Å². The van der Waals surface area contributed by atoms with Crippen molar-refractivity contribution in [2.45, 2.75) is 19.9 Å². The lowest BCUT2D eigenvalue weighted by Crippen LogP contribution is -2.39. The van der Waals surface area contributed by atoms with Gasteiger partial charge in [-0.1, -0.05) is 6.92 Å². The molecule has 0 radical (unpaired) electrons. The summed E-state index contributed by atoms with van der Waals surface area (Å²) >= 11 is 1.81. The van der Waals surface area contributed by atoms with Gasteiger partial charge in [-0.05, 0) is 48.2 Å². The molecule has 2 N–H and O–H groups in total. The van der Waals surface area contributed by atoms with Gasteiger partial charge in [0.25, 0.3) is 5.91 Å². The molecule has 0 aliphatic heterocycles. The van der Waals surface area contributed by atoms with Crippen LogP contribution in [0, 0.1) is 15.2 Å². The molecular weight excluding hydrogens is 388 g/mol.